The summed E-state index contributed by atoms with van der Waals surface area (Å²) in [5, 5.41) is 1.79. The van der Waals surface area contributed by atoms with Crippen LogP contribution in [0.2, 0.25) is 0 Å². The molecule has 1 N–H and O–H groups in total. The summed E-state index contributed by atoms with van der Waals surface area (Å²) in [6, 6.07) is 31.7. The first-order valence-corrected chi connectivity index (χ1v) is 11.3. The summed E-state index contributed by atoms with van der Waals surface area (Å²) < 4.78 is 2.18. The predicted molar refractivity (Wildman–Crippen MR) is 131 cm³/mol. The Balaban J connectivity index is 1.66. The van der Waals surface area contributed by atoms with Gasteiger partial charge in [-0.05, 0) is 53.6 Å². The maximum Gasteiger partial charge on any atom is 0.357 e. The number of hydrogen-bond donors (Lipinski definition) is 0. The molecule has 0 fully saturated rings. The molecule has 0 atom stereocenters. The number of fused-ring (bicyclic) bond motifs is 4. The first-order chi connectivity index (χ1) is 15.1. The molecule has 0 saturated heterocycles. The van der Waals surface area contributed by atoms with Crippen molar-refractivity contribution in [3.8, 4) is 0 Å². The van der Waals surface area contributed by atoms with Crippen LogP contribution >= 0.6 is 11.3 Å². The molecule has 5 aromatic rings. The number of hydrogen-bond acceptors (Lipinski definition) is 2. The molecule has 0 saturated carbocycles. The third kappa shape index (κ3) is 2.60. The molecule has 2 nitrogen and oxygen atoms in total. The van der Waals surface area contributed by atoms with Crippen molar-refractivity contribution in [2.24, 2.45) is 0 Å². The van der Waals surface area contributed by atoms with Crippen LogP contribution in [-0.4, -0.2) is 4.79 Å². The molecule has 0 aliphatic carbocycles. The fourth-order valence-electron chi connectivity index (χ4n) is 4.89. The second-order valence-corrected chi connectivity index (χ2v) is 9.71. The average molecular weight is 421 g/mol. The molecule has 1 aliphatic rings. The molecule has 4 aromatic carbocycles. The lowest BCUT2D eigenvalue weighted by Crippen LogP contribution is -2.30. The fraction of sp³-hybridized carbons (Fsp3) is 0.107. The summed E-state index contributed by atoms with van der Waals surface area (Å²) >= 11 is 1.71. The average Bonchev–Trinajstić information content (AvgIpc) is 2.80. The monoisotopic (exact) mass is 420 g/mol. The molecule has 0 unspecified atom stereocenters. The van der Waals surface area contributed by atoms with Crippen LogP contribution in [0.4, 0.5) is 17.1 Å². The van der Waals surface area contributed by atoms with Crippen molar-refractivity contribution in [2.75, 3.05) is 4.90 Å². The van der Waals surface area contributed by atoms with E-state index in [4.69, 9.17) is 0 Å². The van der Waals surface area contributed by atoms with E-state index in [1.54, 1.807) is 11.3 Å². The summed E-state index contributed by atoms with van der Waals surface area (Å²) in [5.74, 6) is 0. The Morgan fingerprint density at radius 3 is 1.97 bits per heavy atom. The normalized spacial score (nSPS) is 14.5. The minimum atomic E-state index is -0.0824. The van der Waals surface area contributed by atoms with Gasteiger partial charge in [0.05, 0.1) is 22.1 Å². The Morgan fingerprint density at radius 2 is 1.26 bits per heavy atom. The zero-order valence-electron chi connectivity index (χ0n) is 17.5. The number of anilines is 3. The fourth-order valence-corrected chi connectivity index (χ4v) is 5.95. The molecule has 1 aliphatic heterocycles. The van der Waals surface area contributed by atoms with Gasteiger partial charge in [0.2, 0.25) is 0 Å². The van der Waals surface area contributed by atoms with E-state index in [-0.39, 0.29) is 5.41 Å². The summed E-state index contributed by atoms with van der Waals surface area (Å²) in [4.78, 5) is 13.4. The highest BCUT2D eigenvalue weighted by Crippen LogP contribution is 2.51. The number of nitrogens with zero attached hydrogens (tertiary/aromatic N) is 1. The molecule has 0 amide bonds. The molecule has 0 spiro atoms. The van der Waals surface area contributed by atoms with Crippen molar-refractivity contribution >= 4 is 48.6 Å². The molecule has 3 heteroatoms. The number of para-hydroxylation sites is 2. The molecule has 31 heavy (non-hydrogen) atoms. The molecule has 1 aromatic heterocycles. The largest absolute Gasteiger partial charge is 0.357 e. The van der Waals surface area contributed by atoms with Gasteiger partial charge in [-0.1, -0.05) is 62.4 Å². The van der Waals surface area contributed by atoms with E-state index in [0.29, 0.717) is 5.43 Å². The van der Waals surface area contributed by atoms with E-state index < -0.39 is 0 Å². The Morgan fingerprint density at radius 1 is 0.677 bits per heavy atom. The van der Waals surface area contributed by atoms with E-state index >= 15 is 0 Å². The van der Waals surface area contributed by atoms with E-state index in [2.05, 4.69) is 91.5 Å². The molecule has 150 valence electrons. The lowest BCUT2D eigenvalue weighted by Gasteiger charge is -2.42. The quantitative estimate of drug-likeness (QED) is 0.208. The van der Waals surface area contributed by atoms with Crippen LogP contribution in [0.3, 0.4) is 0 Å². The van der Waals surface area contributed by atoms with Crippen LogP contribution in [0, 0.1) is 0 Å². The lowest BCUT2D eigenvalue weighted by atomic mass is 9.73. The summed E-state index contributed by atoms with van der Waals surface area (Å²) in [5.41, 5.74) is 6.31. The van der Waals surface area contributed by atoms with Crippen molar-refractivity contribution in [2.45, 2.75) is 19.3 Å². The van der Waals surface area contributed by atoms with Gasteiger partial charge in [-0.25, -0.2) is 0 Å². The van der Waals surface area contributed by atoms with E-state index in [0.717, 1.165) is 25.9 Å². The smallest absolute Gasteiger partial charge is 0.310 e. The van der Waals surface area contributed by atoms with Crippen molar-refractivity contribution in [3.63, 3.8) is 0 Å². The highest BCUT2D eigenvalue weighted by molar-refractivity contribution is 7.24. The second kappa shape index (κ2) is 6.53. The Bertz CT molecular complexity index is 1500. The molecular formula is C28H22NOS+. The third-order valence-electron chi connectivity index (χ3n) is 6.48. The topological polar surface area (TPSA) is 24.6 Å². The minimum Gasteiger partial charge on any atom is -0.310 e. The van der Waals surface area contributed by atoms with Crippen LogP contribution in [0.15, 0.2) is 91.0 Å². The zero-order chi connectivity index (χ0) is 21.2. The molecular weight excluding hydrogens is 398 g/mol. The van der Waals surface area contributed by atoms with Crippen LogP contribution in [0.5, 0.6) is 0 Å². The van der Waals surface area contributed by atoms with Gasteiger partial charge in [-0.3, -0.25) is 4.79 Å². The lowest BCUT2D eigenvalue weighted by molar-refractivity contribution is 0.590. The minimum absolute atomic E-state index is 0.0824. The highest BCUT2D eigenvalue weighted by Gasteiger charge is 2.36. The number of benzene rings is 4. The van der Waals surface area contributed by atoms with E-state index in [1.165, 1.54) is 22.5 Å². The van der Waals surface area contributed by atoms with E-state index in [9.17, 15) is 4.79 Å². The SMILES string of the molecule is CC1(C)c2ccccc2N(c2ccc3sc4ccccc4c(=[OH+])c3c2)c2ccccc21. The summed E-state index contributed by atoms with van der Waals surface area (Å²) in [6.07, 6.45) is 0. The van der Waals surface area contributed by atoms with Gasteiger partial charge in [0, 0.05) is 20.5 Å². The van der Waals surface area contributed by atoms with Crippen LogP contribution < -0.4 is 10.3 Å². The van der Waals surface area contributed by atoms with Gasteiger partial charge in [0.1, 0.15) is 0 Å². The molecule has 6 rings (SSSR count). The summed E-state index contributed by atoms with van der Waals surface area (Å²) in [7, 11) is 0. The maximum absolute atomic E-state index is 11.1. The van der Waals surface area contributed by atoms with Crippen molar-refractivity contribution in [1.82, 2.24) is 0 Å². The van der Waals surface area contributed by atoms with Crippen molar-refractivity contribution in [1.29, 1.82) is 0 Å². The van der Waals surface area contributed by atoms with Gasteiger partial charge in [-0.2, -0.15) is 0 Å². The summed E-state index contributed by atoms with van der Waals surface area (Å²) in [6.45, 7) is 4.59. The van der Waals surface area contributed by atoms with Gasteiger partial charge < -0.3 is 4.90 Å². The third-order valence-corrected chi connectivity index (χ3v) is 7.63. The van der Waals surface area contributed by atoms with Gasteiger partial charge in [0.25, 0.3) is 0 Å². The molecule has 0 bridgehead atoms. The highest BCUT2D eigenvalue weighted by atomic mass is 32.1. The second-order valence-electron chi connectivity index (χ2n) is 8.62. The standard InChI is InChI=1S/C28H21NOS/c1-28(2)21-10-4-6-12-23(21)29(24-13-7-5-11-22(24)28)18-15-16-26-20(17-18)27(30)19-9-3-8-14-25(19)31-26/h3-17H,1-2H3/p+1. The molecule has 0 radical (unpaired) electrons. The van der Waals surface area contributed by atoms with Gasteiger partial charge >= 0.3 is 5.43 Å². The van der Waals surface area contributed by atoms with Crippen LogP contribution in [-0.2, 0) is 5.41 Å². The Labute approximate surface area is 185 Å². The Kier molecular flexibility index (Phi) is 3.87. The number of rotatable bonds is 1. The van der Waals surface area contributed by atoms with E-state index in [1.807, 2.05) is 18.2 Å². The molecule has 2 heterocycles. The van der Waals surface area contributed by atoms with Crippen molar-refractivity contribution < 1.29 is 4.79 Å². The van der Waals surface area contributed by atoms with Gasteiger partial charge in [0.15, 0.2) is 0 Å². The maximum atomic E-state index is 11.1. The van der Waals surface area contributed by atoms with Gasteiger partial charge in [-0.15, -0.1) is 11.3 Å². The zero-order valence-corrected chi connectivity index (χ0v) is 18.3. The predicted octanol–water partition coefficient (Wildman–Crippen LogP) is 7.17. The van der Waals surface area contributed by atoms with Crippen LogP contribution in [0.25, 0.3) is 20.2 Å². The van der Waals surface area contributed by atoms with Crippen LogP contribution in [0.1, 0.15) is 25.0 Å². The first kappa shape index (κ1) is 18.3. The first-order valence-electron chi connectivity index (χ1n) is 10.5. The van der Waals surface area contributed by atoms with Crippen molar-refractivity contribution in [3.05, 3.63) is 108 Å². The Hall–Kier alpha value is -3.43.